The minimum atomic E-state index is -0.961. The first-order valence-corrected chi connectivity index (χ1v) is 6.44. The van der Waals surface area contributed by atoms with Gasteiger partial charge in [0.25, 0.3) is 0 Å². The van der Waals surface area contributed by atoms with Crippen molar-refractivity contribution in [3.63, 3.8) is 0 Å². The number of carboxylic acid groups (broad SMARTS) is 1. The summed E-state index contributed by atoms with van der Waals surface area (Å²) >= 11 is 0. The monoisotopic (exact) mass is 258 g/mol. The van der Waals surface area contributed by atoms with Crippen LogP contribution in [0.2, 0.25) is 0 Å². The molecular weight excluding hydrogens is 240 g/mol. The third kappa shape index (κ3) is 2.67. The van der Waals surface area contributed by atoms with E-state index in [2.05, 4.69) is 42.5 Å². The summed E-state index contributed by atoms with van der Waals surface area (Å²) in [5.41, 5.74) is 3.21. The van der Waals surface area contributed by atoms with Gasteiger partial charge in [0, 0.05) is 12.1 Å². The fraction of sp³-hybridized carbons (Fsp3) is 0.333. The molecule has 0 radical (unpaired) electrons. The lowest BCUT2D eigenvalue weighted by atomic mass is 10.1. The molecular formula is C15H18N2O2. The summed E-state index contributed by atoms with van der Waals surface area (Å²) in [6.07, 6.45) is 3.65. The first-order chi connectivity index (χ1) is 9.02. The summed E-state index contributed by atoms with van der Waals surface area (Å²) < 4.78 is 2.06. The number of rotatable bonds is 4. The molecule has 2 rings (SSSR count). The smallest absolute Gasteiger partial charge is 0.328 e. The SMILES string of the molecule is CCc1ccc2nc(/C=C/C(=O)O)n(C(C)C)c2c1. The van der Waals surface area contributed by atoms with Gasteiger partial charge in [-0.2, -0.15) is 0 Å². The maximum Gasteiger partial charge on any atom is 0.328 e. The molecule has 0 amide bonds. The number of benzene rings is 1. The van der Waals surface area contributed by atoms with Gasteiger partial charge in [-0.3, -0.25) is 0 Å². The molecule has 2 aromatic rings. The maximum atomic E-state index is 10.6. The molecule has 100 valence electrons. The van der Waals surface area contributed by atoms with Crippen molar-refractivity contribution in [2.75, 3.05) is 0 Å². The summed E-state index contributed by atoms with van der Waals surface area (Å²) in [7, 11) is 0. The zero-order valence-corrected chi connectivity index (χ0v) is 11.4. The van der Waals surface area contributed by atoms with Gasteiger partial charge in [-0.1, -0.05) is 13.0 Å². The van der Waals surface area contributed by atoms with Gasteiger partial charge in [-0.25, -0.2) is 9.78 Å². The van der Waals surface area contributed by atoms with E-state index in [1.165, 1.54) is 5.56 Å². The van der Waals surface area contributed by atoms with Gasteiger partial charge in [0.05, 0.1) is 11.0 Å². The number of aryl methyl sites for hydroxylation is 1. The second-order valence-corrected chi connectivity index (χ2v) is 4.78. The number of hydrogen-bond acceptors (Lipinski definition) is 2. The van der Waals surface area contributed by atoms with E-state index in [-0.39, 0.29) is 6.04 Å². The second-order valence-electron chi connectivity index (χ2n) is 4.78. The topological polar surface area (TPSA) is 55.1 Å². The zero-order chi connectivity index (χ0) is 14.0. The van der Waals surface area contributed by atoms with Crippen molar-refractivity contribution in [1.29, 1.82) is 0 Å². The van der Waals surface area contributed by atoms with E-state index >= 15 is 0 Å². The standard InChI is InChI=1S/C15H18N2O2/c1-4-11-5-6-12-13(9-11)17(10(2)3)14(16-12)7-8-15(18)19/h5-10H,4H2,1-3H3,(H,18,19)/b8-7+. The molecule has 1 aromatic heterocycles. The fourth-order valence-corrected chi connectivity index (χ4v) is 2.18. The molecule has 0 saturated heterocycles. The van der Waals surface area contributed by atoms with Crippen molar-refractivity contribution in [2.45, 2.75) is 33.2 Å². The van der Waals surface area contributed by atoms with Crippen LogP contribution in [0.5, 0.6) is 0 Å². The molecule has 0 bridgehead atoms. The zero-order valence-electron chi connectivity index (χ0n) is 11.4. The van der Waals surface area contributed by atoms with Crippen molar-refractivity contribution in [2.24, 2.45) is 0 Å². The summed E-state index contributed by atoms with van der Waals surface area (Å²) in [6, 6.07) is 6.40. The maximum absolute atomic E-state index is 10.6. The lowest BCUT2D eigenvalue weighted by Gasteiger charge is -2.11. The van der Waals surface area contributed by atoms with Crippen molar-refractivity contribution in [3.05, 3.63) is 35.7 Å². The van der Waals surface area contributed by atoms with E-state index in [0.29, 0.717) is 5.82 Å². The van der Waals surface area contributed by atoms with Crippen LogP contribution in [0.1, 0.15) is 38.2 Å². The molecule has 1 N–H and O–H groups in total. The van der Waals surface area contributed by atoms with Gasteiger partial charge >= 0.3 is 5.97 Å². The normalized spacial score (nSPS) is 11.8. The number of fused-ring (bicyclic) bond motifs is 1. The van der Waals surface area contributed by atoms with Gasteiger partial charge in [-0.05, 0) is 44.0 Å². The summed E-state index contributed by atoms with van der Waals surface area (Å²) in [6.45, 7) is 6.25. The van der Waals surface area contributed by atoms with E-state index in [9.17, 15) is 4.79 Å². The Hall–Kier alpha value is -2.10. The Kier molecular flexibility index (Phi) is 3.69. The van der Waals surface area contributed by atoms with Gasteiger partial charge in [-0.15, -0.1) is 0 Å². The van der Waals surface area contributed by atoms with Crippen molar-refractivity contribution in [1.82, 2.24) is 9.55 Å². The van der Waals surface area contributed by atoms with E-state index in [0.717, 1.165) is 23.5 Å². The number of carboxylic acids is 1. The Morgan fingerprint density at radius 1 is 1.47 bits per heavy atom. The van der Waals surface area contributed by atoms with E-state index in [4.69, 9.17) is 5.11 Å². The summed E-state index contributed by atoms with van der Waals surface area (Å²) in [4.78, 5) is 15.1. The highest BCUT2D eigenvalue weighted by molar-refractivity contribution is 5.86. The molecule has 1 heterocycles. The number of hydrogen-bond donors (Lipinski definition) is 1. The molecule has 19 heavy (non-hydrogen) atoms. The summed E-state index contributed by atoms with van der Waals surface area (Å²) in [5, 5.41) is 8.74. The lowest BCUT2D eigenvalue weighted by Crippen LogP contribution is -2.03. The van der Waals surface area contributed by atoms with E-state index in [1.807, 2.05) is 6.07 Å². The Morgan fingerprint density at radius 3 is 2.79 bits per heavy atom. The second kappa shape index (κ2) is 5.26. The molecule has 1 aromatic carbocycles. The number of aromatic nitrogens is 2. The number of imidazole rings is 1. The molecule has 0 aliphatic rings. The van der Waals surface area contributed by atoms with Crippen molar-refractivity contribution >= 4 is 23.1 Å². The average molecular weight is 258 g/mol. The molecule has 0 aliphatic heterocycles. The van der Waals surface area contributed by atoms with E-state index < -0.39 is 5.97 Å². The highest BCUT2D eigenvalue weighted by Gasteiger charge is 2.11. The van der Waals surface area contributed by atoms with Gasteiger partial charge in [0.15, 0.2) is 0 Å². The highest BCUT2D eigenvalue weighted by Crippen LogP contribution is 2.23. The minimum absolute atomic E-state index is 0.227. The summed E-state index contributed by atoms with van der Waals surface area (Å²) in [5.74, 6) is -0.280. The average Bonchev–Trinajstić information content (AvgIpc) is 2.73. The predicted octanol–water partition coefficient (Wildman–Crippen LogP) is 3.28. The van der Waals surface area contributed by atoms with Gasteiger partial charge < -0.3 is 9.67 Å². The van der Waals surface area contributed by atoms with Crippen LogP contribution in [0.25, 0.3) is 17.1 Å². The van der Waals surface area contributed by atoms with Crippen LogP contribution in [0.4, 0.5) is 0 Å². The quantitative estimate of drug-likeness (QED) is 0.856. The Bertz CT molecular complexity index is 639. The van der Waals surface area contributed by atoms with Crippen LogP contribution in [0.15, 0.2) is 24.3 Å². The third-order valence-electron chi connectivity index (χ3n) is 3.08. The third-order valence-corrected chi connectivity index (χ3v) is 3.08. The van der Waals surface area contributed by atoms with Crippen LogP contribution in [-0.2, 0) is 11.2 Å². The first-order valence-electron chi connectivity index (χ1n) is 6.44. The fourth-order valence-electron chi connectivity index (χ4n) is 2.18. The first kappa shape index (κ1) is 13.3. The molecule has 0 unspecified atom stereocenters. The highest BCUT2D eigenvalue weighted by atomic mass is 16.4. The van der Waals surface area contributed by atoms with Crippen LogP contribution in [0, 0.1) is 0 Å². The molecule has 4 heteroatoms. The number of carbonyl (C=O) groups is 1. The molecule has 0 saturated carbocycles. The number of nitrogens with zero attached hydrogens (tertiary/aromatic N) is 2. The predicted molar refractivity (Wildman–Crippen MR) is 76.2 cm³/mol. The van der Waals surface area contributed by atoms with E-state index in [1.54, 1.807) is 6.08 Å². The van der Waals surface area contributed by atoms with Gasteiger partial charge in [0.2, 0.25) is 0 Å². The van der Waals surface area contributed by atoms with Crippen LogP contribution >= 0.6 is 0 Å². The minimum Gasteiger partial charge on any atom is -0.478 e. The molecule has 0 atom stereocenters. The largest absolute Gasteiger partial charge is 0.478 e. The Labute approximate surface area is 112 Å². The van der Waals surface area contributed by atoms with Crippen molar-refractivity contribution in [3.8, 4) is 0 Å². The van der Waals surface area contributed by atoms with Crippen LogP contribution in [-0.4, -0.2) is 20.6 Å². The number of aliphatic carboxylic acids is 1. The molecule has 0 fully saturated rings. The Morgan fingerprint density at radius 2 is 2.21 bits per heavy atom. The molecule has 0 aliphatic carbocycles. The lowest BCUT2D eigenvalue weighted by molar-refractivity contribution is -0.131. The van der Waals surface area contributed by atoms with Crippen LogP contribution < -0.4 is 0 Å². The molecule has 0 spiro atoms. The van der Waals surface area contributed by atoms with Crippen LogP contribution in [0.3, 0.4) is 0 Å². The molecule has 4 nitrogen and oxygen atoms in total. The van der Waals surface area contributed by atoms with Crippen molar-refractivity contribution < 1.29 is 9.90 Å². The Balaban J connectivity index is 2.64. The van der Waals surface area contributed by atoms with Gasteiger partial charge in [0.1, 0.15) is 5.82 Å².